The molecule has 0 spiro atoms. The second kappa shape index (κ2) is 9.74. The Labute approximate surface area is 156 Å². The predicted octanol–water partition coefficient (Wildman–Crippen LogP) is 4.57. The lowest BCUT2D eigenvalue weighted by atomic mass is 10.1. The summed E-state index contributed by atoms with van der Waals surface area (Å²) in [6.45, 7) is 4.53. The number of ether oxygens (including phenoxy) is 1. The molecular formula is C19H22BrNO2S. The molecule has 1 amide bonds. The van der Waals surface area contributed by atoms with Crippen molar-refractivity contribution in [2.45, 2.75) is 25.7 Å². The number of halogens is 1. The summed E-state index contributed by atoms with van der Waals surface area (Å²) in [6.07, 6.45) is -0.507. The first-order valence-corrected chi connectivity index (χ1v) is 9.83. The van der Waals surface area contributed by atoms with Crippen molar-refractivity contribution in [3.63, 3.8) is 0 Å². The largest absolute Gasteiger partial charge is 0.481 e. The molecule has 1 N–H and O–H groups in total. The van der Waals surface area contributed by atoms with Gasteiger partial charge in [-0.05, 0) is 49.2 Å². The fourth-order valence-corrected chi connectivity index (χ4v) is 3.31. The van der Waals surface area contributed by atoms with Crippen LogP contribution in [-0.2, 0) is 10.5 Å². The van der Waals surface area contributed by atoms with Gasteiger partial charge in [-0.1, -0.05) is 40.2 Å². The lowest BCUT2D eigenvalue weighted by molar-refractivity contribution is -0.127. The average molecular weight is 408 g/mol. The topological polar surface area (TPSA) is 38.3 Å². The van der Waals surface area contributed by atoms with E-state index in [0.29, 0.717) is 12.3 Å². The summed E-state index contributed by atoms with van der Waals surface area (Å²) in [5.74, 6) is 2.45. The van der Waals surface area contributed by atoms with Crippen LogP contribution >= 0.6 is 27.7 Å². The van der Waals surface area contributed by atoms with Gasteiger partial charge in [-0.2, -0.15) is 11.8 Å². The van der Waals surface area contributed by atoms with Crippen molar-refractivity contribution in [3.05, 3.63) is 64.1 Å². The van der Waals surface area contributed by atoms with Crippen LogP contribution in [0.3, 0.4) is 0 Å². The number of rotatable bonds is 8. The molecule has 0 aliphatic rings. The third-order valence-electron chi connectivity index (χ3n) is 3.56. The van der Waals surface area contributed by atoms with Gasteiger partial charge < -0.3 is 10.1 Å². The zero-order chi connectivity index (χ0) is 17.4. The molecule has 0 aliphatic heterocycles. The quantitative estimate of drug-likeness (QED) is 0.650. The Morgan fingerprint density at radius 3 is 2.62 bits per heavy atom. The van der Waals surface area contributed by atoms with Gasteiger partial charge in [0, 0.05) is 22.5 Å². The highest BCUT2D eigenvalue weighted by molar-refractivity contribution is 9.10. The molecule has 5 heteroatoms. The molecule has 1 unspecified atom stereocenters. The van der Waals surface area contributed by atoms with E-state index in [1.54, 1.807) is 6.92 Å². The third-order valence-corrected chi connectivity index (χ3v) is 5.10. The van der Waals surface area contributed by atoms with Gasteiger partial charge in [-0.25, -0.2) is 0 Å². The Morgan fingerprint density at radius 1 is 1.21 bits per heavy atom. The second-order valence-corrected chi connectivity index (χ2v) is 7.50. The number of benzene rings is 2. The first-order valence-electron chi connectivity index (χ1n) is 7.88. The first-order chi connectivity index (χ1) is 11.6. The van der Waals surface area contributed by atoms with Crippen LogP contribution in [0.4, 0.5) is 0 Å². The van der Waals surface area contributed by atoms with E-state index in [4.69, 9.17) is 4.74 Å². The molecular weight excluding hydrogens is 386 g/mol. The van der Waals surface area contributed by atoms with Crippen LogP contribution < -0.4 is 10.1 Å². The van der Waals surface area contributed by atoms with E-state index in [1.807, 2.05) is 36.0 Å². The van der Waals surface area contributed by atoms with Crippen LogP contribution in [0.2, 0.25) is 0 Å². The van der Waals surface area contributed by atoms with Crippen molar-refractivity contribution in [2.24, 2.45) is 0 Å². The van der Waals surface area contributed by atoms with Crippen LogP contribution in [0, 0.1) is 6.92 Å². The van der Waals surface area contributed by atoms with Crippen molar-refractivity contribution >= 4 is 33.6 Å². The maximum atomic E-state index is 12.0. The molecule has 128 valence electrons. The van der Waals surface area contributed by atoms with E-state index in [9.17, 15) is 4.79 Å². The summed E-state index contributed by atoms with van der Waals surface area (Å²) in [6, 6.07) is 15.8. The Kier molecular flexibility index (Phi) is 7.66. The lowest BCUT2D eigenvalue weighted by Crippen LogP contribution is -2.37. The minimum atomic E-state index is -0.507. The van der Waals surface area contributed by atoms with E-state index < -0.39 is 6.10 Å². The van der Waals surface area contributed by atoms with Crippen LogP contribution in [0.5, 0.6) is 5.75 Å². The summed E-state index contributed by atoms with van der Waals surface area (Å²) < 4.78 is 6.62. The molecule has 0 bridgehead atoms. The maximum absolute atomic E-state index is 12.0. The highest BCUT2D eigenvalue weighted by Gasteiger charge is 2.13. The SMILES string of the molecule is Cc1ccccc1CSCCNC(=O)C(C)Oc1ccc(Br)cc1. The Bertz CT molecular complexity index is 661. The Morgan fingerprint density at radius 2 is 1.92 bits per heavy atom. The molecule has 3 nitrogen and oxygen atoms in total. The number of hydrogen-bond acceptors (Lipinski definition) is 3. The van der Waals surface area contributed by atoms with Gasteiger partial charge in [-0.15, -0.1) is 0 Å². The minimum absolute atomic E-state index is 0.0885. The number of nitrogens with one attached hydrogen (secondary N) is 1. The number of carbonyl (C=O) groups is 1. The molecule has 0 radical (unpaired) electrons. The summed E-state index contributed by atoms with van der Waals surface area (Å²) >= 11 is 5.19. The van der Waals surface area contributed by atoms with E-state index in [-0.39, 0.29) is 5.91 Å². The van der Waals surface area contributed by atoms with Crippen molar-refractivity contribution in [2.75, 3.05) is 12.3 Å². The lowest BCUT2D eigenvalue weighted by Gasteiger charge is -2.14. The summed E-state index contributed by atoms with van der Waals surface area (Å²) in [5.41, 5.74) is 2.66. The molecule has 2 aromatic rings. The molecule has 0 heterocycles. The van der Waals surface area contributed by atoms with Gasteiger partial charge in [0.15, 0.2) is 6.10 Å². The summed E-state index contributed by atoms with van der Waals surface area (Å²) in [5, 5.41) is 2.92. The molecule has 0 saturated carbocycles. The summed E-state index contributed by atoms with van der Waals surface area (Å²) in [4.78, 5) is 12.0. The predicted molar refractivity (Wildman–Crippen MR) is 105 cm³/mol. The normalized spacial score (nSPS) is 11.8. The van der Waals surface area contributed by atoms with Gasteiger partial charge in [0.05, 0.1) is 0 Å². The smallest absolute Gasteiger partial charge is 0.260 e. The molecule has 1 atom stereocenters. The van der Waals surface area contributed by atoms with Crippen LogP contribution in [-0.4, -0.2) is 24.3 Å². The van der Waals surface area contributed by atoms with E-state index in [0.717, 1.165) is 16.0 Å². The van der Waals surface area contributed by atoms with Crippen LogP contribution in [0.1, 0.15) is 18.1 Å². The minimum Gasteiger partial charge on any atom is -0.481 e. The number of aryl methyl sites for hydroxylation is 1. The fraction of sp³-hybridized carbons (Fsp3) is 0.316. The highest BCUT2D eigenvalue weighted by atomic mass is 79.9. The van der Waals surface area contributed by atoms with Gasteiger partial charge in [0.1, 0.15) is 5.75 Å². The first kappa shape index (κ1) is 18.9. The average Bonchev–Trinajstić information content (AvgIpc) is 2.58. The zero-order valence-corrected chi connectivity index (χ0v) is 16.3. The molecule has 2 aromatic carbocycles. The number of amides is 1. The summed E-state index contributed by atoms with van der Waals surface area (Å²) in [7, 11) is 0. The van der Waals surface area contributed by atoms with E-state index >= 15 is 0 Å². The van der Waals surface area contributed by atoms with Gasteiger partial charge in [0.25, 0.3) is 5.91 Å². The number of thioether (sulfide) groups is 1. The second-order valence-electron chi connectivity index (χ2n) is 5.48. The van der Waals surface area contributed by atoms with E-state index in [2.05, 4.69) is 52.4 Å². The van der Waals surface area contributed by atoms with Crippen molar-refractivity contribution in [3.8, 4) is 5.75 Å². The monoisotopic (exact) mass is 407 g/mol. The molecule has 2 rings (SSSR count). The third kappa shape index (κ3) is 6.21. The molecule has 0 aliphatic carbocycles. The van der Waals surface area contributed by atoms with Crippen LogP contribution in [0.25, 0.3) is 0 Å². The maximum Gasteiger partial charge on any atom is 0.260 e. The Balaban J connectivity index is 1.65. The molecule has 0 saturated heterocycles. The fourth-order valence-electron chi connectivity index (χ4n) is 2.12. The van der Waals surface area contributed by atoms with E-state index in [1.165, 1.54) is 11.1 Å². The Hall–Kier alpha value is -1.46. The van der Waals surface area contributed by atoms with Crippen molar-refractivity contribution in [1.29, 1.82) is 0 Å². The highest BCUT2D eigenvalue weighted by Crippen LogP contribution is 2.17. The number of hydrogen-bond donors (Lipinski definition) is 1. The molecule has 0 aromatic heterocycles. The zero-order valence-electron chi connectivity index (χ0n) is 13.9. The van der Waals surface area contributed by atoms with Crippen LogP contribution in [0.15, 0.2) is 53.0 Å². The van der Waals surface area contributed by atoms with Crippen molar-refractivity contribution in [1.82, 2.24) is 5.32 Å². The molecule has 0 fully saturated rings. The standard InChI is InChI=1S/C19H22BrNO2S/c1-14-5-3-4-6-16(14)13-24-12-11-21-19(22)15(2)23-18-9-7-17(20)8-10-18/h3-10,15H,11-13H2,1-2H3,(H,21,22). The molecule has 24 heavy (non-hydrogen) atoms. The van der Waals surface area contributed by atoms with Gasteiger partial charge in [-0.3, -0.25) is 4.79 Å². The van der Waals surface area contributed by atoms with Crippen molar-refractivity contribution < 1.29 is 9.53 Å². The number of carbonyl (C=O) groups excluding carboxylic acids is 1. The van der Waals surface area contributed by atoms with Gasteiger partial charge in [0.2, 0.25) is 0 Å². The van der Waals surface area contributed by atoms with Gasteiger partial charge >= 0.3 is 0 Å².